The van der Waals surface area contributed by atoms with E-state index in [9.17, 15) is 9.59 Å². The van der Waals surface area contributed by atoms with Gasteiger partial charge < -0.3 is 20.9 Å². The molecule has 0 fully saturated rings. The number of rotatable bonds is 21. The molecule has 0 spiro atoms. The summed E-state index contributed by atoms with van der Waals surface area (Å²) in [6.07, 6.45) is 19.4. The highest BCUT2D eigenvalue weighted by molar-refractivity contribution is 5.93. The predicted octanol–water partition coefficient (Wildman–Crippen LogP) is 4.79. The quantitative estimate of drug-likeness (QED) is 0.155. The molecule has 0 unspecified atom stereocenters. The fourth-order valence-corrected chi connectivity index (χ4v) is 3.29. The third-order valence-corrected chi connectivity index (χ3v) is 5.03. The molecule has 0 saturated carbocycles. The van der Waals surface area contributed by atoms with Crippen LogP contribution in [0.5, 0.6) is 0 Å². The number of carbonyl (C=O) groups is 2. The maximum atomic E-state index is 12.1. The van der Waals surface area contributed by atoms with Crippen molar-refractivity contribution in [1.29, 1.82) is 0 Å². The number of nitrogens with two attached hydrogens (primary N) is 2. The van der Waals surface area contributed by atoms with Crippen molar-refractivity contribution in [2.24, 2.45) is 11.5 Å². The molecule has 0 aliphatic rings. The second kappa shape index (κ2) is 22.3. The highest BCUT2D eigenvalue weighted by atomic mass is 16.5. The standard InChI is InChI=1S/C24H46N2O4/c1-2-3-4-5-6-7-8-9-10-11-12-13-14-15-16-22(24(28)30-20-18-26)21-23(27)29-19-17-25/h16H,2-15,17-21,25-26H2,1H3. The SMILES string of the molecule is CCCCCCCCCCCCCCCC=C(CC(=O)OCCN)C(=O)OCCN. The van der Waals surface area contributed by atoms with Gasteiger partial charge in [0.2, 0.25) is 0 Å². The number of hydrogen-bond acceptors (Lipinski definition) is 6. The van der Waals surface area contributed by atoms with Crippen molar-refractivity contribution >= 4 is 11.9 Å². The summed E-state index contributed by atoms with van der Waals surface area (Å²) >= 11 is 0. The predicted molar refractivity (Wildman–Crippen MR) is 123 cm³/mol. The van der Waals surface area contributed by atoms with E-state index in [2.05, 4.69) is 6.92 Å². The van der Waals surface area contributed by atoms with E-state index in [-0.39, 0.29) is 32.7 Å². The summed E-state index contributed by atoms with van der Waals surface area (Å²) in [6, 6.07) is 0. The Labute approximate surface area is 184 Å². The Morgan fingerprint density at radius 1 is 0.700 bits per heavy atom. The summed E-state index contributed by atoms with van der Waals surface area (Å²) in [6.45, 7) is 3.08. The van der Waals surface area contributed by atoms with Crippen LogP contribution in [0.4, 0.5) is 0 Å². The van der Waals surface area contributed by atoms with Gasteiger partial charge in [-0.05, 0) is 12.8 Å². The van der Waals surface area contributed by atoms with Crippen LogP contribution in [0.15, 0.2) is 11.6 Å². The van der Waals surface area contributed by atoms with Crippen LogP contribution in [-0.2, 0) is 19.1 Å². The van der Waals surface area contributed by atoms with Gasteiger partial charge in [-0.2, -0.15) is 0 Å². The molecule has 176 valence electrons. The van der Waals surface area contributed by atoms with E-state index in [1.807, 2.05) is 0 Å². The minimum absolute atomic E-state index is 0.0815. The molecule has 0 amide bonds. The Hall–Kier alpha value is -1.40. The van der Waals surface area contributed by atoms with E-state index in [1.165, 1.54) is 70.6 Å². The van der Waals surface area contributed by atoms with E-state index in [0.29, 0.717) is 5.57 Å². The molecule has 6 heteroatoms. The number of allylic oxidation sites excluding steroid dienone is 1. The van der Waals surface area contributed by atoms with Crippen molar-refractivity contribution in [3.8, 4) is 0 Å². The summed E-state index contributed by atoms with van der Waals surface area (Å²) in [7, 11) is 0. The van der Waals surface area contributed by atoms with Crippen molar-refractivity contribution in [2.45, 2.75) is 103 Å². The van der Waals surface area contributed by atoms with Gasteiger partial charge in [-0.1, -0.05) is 90.0 Å². The zero-order valence-electron chi connectivity index (χ0n) is 19.3. The monoisotopic (exact) mass is 426 g/mol. The van der Waals surface area contributed by atoms with Gasteiger partial charge in [0.25, 0.3) is 0 Å². The van der Waals surface area contributed by atoms with Gasteiger partial charge in [0.1, 0.15) is 13.2 Å². The molecule has 0 heterocycles. The molecule has 0 atom stereocenters. The molecule has 0 aliphatic carbocycles. The Kier molecular flexibility index (Phi) is 21.2. The van der Waals surface area contributed by atoms with Crippen LogP contribution in [0, 0.1) is 0 Å². The molecule has 0 bridgehead atoms. The van der Waals surface area contributed by atoms with E-state index >= 15 is 0 Å². The zero-order chi connectivity index (χ0) is 22.3. The molecule has 0 aromatic heterocycles. The van der Waals surface area contributed by atoms with Gasteiger partial charge >= 0.3 is 11.9 Å². The minimum Gasteiger partial charge on any atom is -0.464 e. The minimum atomic E-state index is -0.486. The molecule has 6 nitrogen and oxygen atoms in total. The first-order valence-corrected chi connectivity index (χ1v) is 12.1. The van der Waals surface area contributed by atoms with E-state index in [0.717, 1.165) is 19.3 Å². The lowest BCUT2D eigenvalue weighted by Gasteiger charge is -2.08. The second-order valence-electron chi connectivity index (χ2n) is 7.87. The molecule has 0 saturated heterocycles. The third-order valence-electron chi connectivity index (χ3n) is 5.03. The van der Waals surface area contributed by atoms with Gasteiger partial charge in [0.05, 0.1) is 6.42 Å². The lowest BCUT2D eigenvalue weighted by Crippen LogP contribution is -2.19. The fourth-order valence-electron chi connectivity index (χ4n) is 3.29. The van der Waals surface area contributed by atoms with Gasteiger partial charge in [-0.25, -0.2) is 4.79 Å². The van der Waals surface area contributed by atoms with Gasteiger partial charge in [0.15, 0.2) is 0 Å². The van der Waals surface area contributed by atoms with E-state index < -0.39 is 11.9 Å². The molecule has 0 aliphatic heterocycles. The summed E-state index contributed by atoms with van der Waals surface area (Å²) in [4.78, 5) is 23.9. The van der Waals surface area contributed by atoms with Crippen molar-refractivity contribution in [1.82, 2.24) is 0 Å². The van der Waals surface area contributed by atoms with E-state index in [4.69, 9.17) is 20.9 Å². The fraction of sp³-hybridized carbons (Fsp3) is 0.833. The average molecular weight is 427 g/mol. The third kappa shape index (κ3) is 18.6. The largest absolute Gasteiger partial charge is 0.464 e. The smallest absolute Gasteiger partial charge is 0.334 e. The Morgan fingerprint density at radius 2 is 1.17 bits per heavy atom. The molecule has 0 radical (unpaired) electrons. The maximum absolute atomic E-state index is 12.1. The molecule has 4 N–H and O–H groups in total. The Morgan fingerprint density at radius 3 is 1.67 bits per heavy atom. The highest BCUT2D eigenvalue weighted by Gasteiger charge is 2.16. The van der Waals surface area contributed by atoms with Crippen molar-refractivity contribution in [2.75, 3.05) is 26.3 Å². The van der Waals surface area contributed by atoms with Crippen LogP contribution in [0.3, 0.4) is 0 Å². The topological polar surface area (TPSA) is 105 Å². The van der Waals surface area contributed by atoms with Gasteiger partial charge in [0, 0.05) is 18.7 Å². The number of hydrogen-bond donors (Lipinski definition) is 2. The number of esters is 2. The molecular weight excluding hydrogens is 380 g/mol. The van der Waals surface area contributed by atoms with Crippen LogP contribution in [0.25, 0.3) is 0 Å². The Bertz CT molecular complexity index is 452. The van der Waals surface area contributed by atoms with Crippen LogP contribution in [-0.4, -0.2) is 38.2 Å². The summed E-state index contributed by atoms with van der Waals surface area (Å²) in [5, 5.41) is 0. The first kappa shape index (κ1) is 28.6. The van der Waals surface area contributed by atoms with Crippen molar-refractivity contribution < 1.29 is 19.1 Å². The molecule has 30 heavy (non-hydrogen) atoms. The molecule has 0 aromatic rings. The first-order chi connectivity index (χ1) is 14.7. The molecule has 0 aromatic carbocycles. The maximum Gasteiger partial charge on any atom is 0.334 e. The number of carbonyl (C=O) groups excluding carboxylic acids is 2. The number of ether oxygens (including phenoxy) is 2. The lowest BCUT2D eigenvalue weighted by molar-refractivity contribution is -0.146. The zero-order valence-corrected chi connectivity index (χ0v) is 19.3. The van der Waals surface area contributed by atoms with Crippen LogP contribution < -0.4 is 11.5 Å². The van der Waals surface area contributed by atoms with Crippen molar-refractivity contribution in [3.05, 3.63) is 11.6 Å². The second-order valence-corrected chi connectivity index (χ2v) is 7.87. The van der Waals surface area contributed by atoms with Gasteiger partial charge in [-0.15, -0.1) is 0 Å². The van der Waals surface area contributed by atoms with Gasteiger partial charge in [-0.3, -0.25) is 4.79 Å². The first-order valence-electron chi connectivity index (χ1n) is 12.1. The van der Waals surface area contributed by atoms with Crippen LogP contribution in [0.1, 0.15) is 103 Å². The normalized spacial score (nSPS) is 11.5. The Balaban J connectivity index is 3.90. The molecule has 0 rings (SSSR count). The van der Waals surface area contributed by atoms with E-state index in [1.54, 1.807) is 6.08 Å². The summed E-state index contributed by atoms with van der Waals surface area (Å²) in [5.41, 5.74) is 11.1. The van der Waals surface area contributed by atoms with Crippen molar-refractivity contribution in [3.63, 3.8) is 0 Å². The molecular formula is C24H46N2O4. The average Bonchev–Trinajstić information content (AvgIpc) is 2.75. The summed E-state index contributed by atoms with van der Waals surface area (Å²) < 4.78 is 10.0. The van der Waals surface area contributed by atoms with Crippen LogP contribution >= 0.6 is 0 Å². The van der Waals surface area contributed by atoms with Crippen LogP contribution in [0.2, 0.25) is 0 Å². The number of unbranched alkanes of at least 4 members (excludes halogenated alkanes) is 13. The lowest BCUT2D eigenvalue weighted by atomic mass is 10.0. The summed E-state index contributed by atoms with van der Waals surface area (Å²) in [5.74, 6) is -0.943. The highest BCUT2D eigenvalue weighted by Crippen LogP contribution is 2.14.